The number of anilines is 1. The average Bonchev–Trinajstić information content (AvgIpc) is 2.46. The summed E-state index contributed by atoms with van der Waals surface area (Å²) < 4.78 is 40.1. The normalized spacial score (nSPS) is 17.0. The van der Waals surface area contributed by atoms with E-state index in [9.17, 15) is 12.8 Å². The van der Waals surface area contributed by atoms with Crippen molar-refractivity contribution >= 4 is 15.7 Å². The van der Waals surface area contributed by atoms with Crippen molar-refractivity contribution in [3.8, 4) is 0 Å². The SMILES string of the molecule is C=C1CCN(S(=O)(=O)c2cc(F)ccc2NCCO)CC1. The fraction of sp³-hybridized carbons (Fsp3) is 0.429. The molecular weight excluding hydrogens is 295 g/mol. The highest BCUT2D eigenvalue weighted by Crippen LogP contribution is 2.28. The number of hydrogen-bond acceptors (Lipinski definition) is 4. The summed E-state index contributed by atoms with van der Waals surface area (Å²) in [5.41, 5.74) is 1.33. The number of aliphatic hydroxyl groups is 1. The molecule has 0 saturated carbocycles. The van der Waals surface area contributed by atoms with Crippen LogP contribution in [-0.2, 0) is 10.0 Å². The Labute approximate surface area is 124 Å². The summed E-state index contributed by atoms with van der Waals surface area (Å²) in [6, 6.07) is 3.58. The third-order valence-electron chi connectivity index (χ3n) is 3.42. The molecule has 0 amide bonds. The van der Waals surface area contributed by atoms with Crippen LogP contribution in [0.5, 0.6) is 0 Å². The summed E-state index contributed by atoms with van der Waals surface area (Å²) in [5, 5.41) is 11.7. The summed E-state index contributed by atoms with van der Waals surface area (Å²) in [4.78, 5) is -0.0940. The highest BCUT2D eigenvalue weighted by molar-refractivity contribution is 7.89. The maximum Gasteiger partial charge on any atom is 0.245 e. The Morgan fingerprint density at radius 1 is 1.33 bits per heavy atom. The van der Waals surface area contributed by atoms with Gasteiger partial charge in [0.2, 0.25) is 10.0 Å². The van der Waals surface area contributed by atoms with Crippen LogP contribution in [0.25, 0.3) is 0 Å². The van der Waals surface area contributed by atoms with Gasteiger partial charge < -0.3 is 10.4 Å². The van der Waals surface area contributed by atoms with E-state index in [0.29, 0.717) is 31.6 Å². The molecule has 1 aromatic rings. The summed E-state index contributed by atoms with van der Waals surface area (Å²) in [6.07, 6.45) is 1.24. The molecule has 7 heteroatoms. The molecule has 0 spiro atoms. The number of piperidine rings is 1. The molecule has 1 heterocycles. The second-order valence-electron chi connectivity index (χ2n) is 4.94. The molecule has 2 rings (SSSR count). The molecule has 5 nitrogen and oxygen atoms in total. The predicted molar refractivity (Wildman–Crippen MR) is 79.1 cm³/mol. The van der Waals surface area contributed by atoms with E-state index in [4.69, 9.17) is 5.11 Å². The maximum atomic E-state index is 13.5. The minimum atomic E-state index is -3.76. The first kappa shape index (κ1) is 15.9. The van der Waals surface area contributed by atoms with Gasteiger partial charge in [0.25, 0.3) is 0 Å². The van der Waals surface area contributed by atoms with E-state index in [1.54, 1.807) is 0 Å². The maximum absolute atomic E-state index is 13.5. The average molecular weight is 314 g/mol. The van der Waals surface area contributed by atoms with Crippen LogP contribution in [0.3, 0.4) is 0 Å². The molecule has 1 aliphatic heterocycles. The van der Waals surface area contributed by atoms with Gasteiger partial charge in [-0.2, -0.15) is 4.31 Å². The van der Waals surface area contributed by atoms with Crippen molar-refractivity contribution in [2.45, 2.75) is 17.7 Å². The fourth-order valence-corrected chi connectivity index (χ4v) is 3.85. The molecule has 1 aliphatic rings. The van der Waals surface area contributed by atoms with Crippen molar-refractivity contribution in [2.75, 3.05) is 31.6 Å². The van der Waals surface area contributed by atoms with E-state index >= 15 is 0 Å². The van der Waals surface area contributed by atoms with Crippen molar-refractivity contribution in [3.05, 3.63) is 36.2 Å². The van der Waals surface area contributed by atoms with Crippen molar-refractivity contribution < 1.29 is 17.9 Å². The number of hydrogen-bond donors (Lipinski definition) is 2. The summed E-state index contributed by atoms with van der Waals surface area (Å²) >= 11 is 0. The van der Waals surface area contributed by atoms with Crippen molar-refractivity contribution in [1.29, 1.82) is 0 Å². The Morgan fingerprint density at radius 3 is 2.62 bits per heavy atom. The Balaban J connectivity index is 2.34. The quantitative estimate of drug-likeness (QED) is 0.810. The Hall–Kier alpha value is -1.44. The van der Waals surface area contributed by atoms with Crippen molar-refractivity contribution in [2.24, 2.45) is 0 Å². The molecule has 0 aliphatic carbocycles. The first-order chi connectivity index (χ1) is 9.95. The summed E-state index contributed by atoms with van der Waals surface area (Å²) in [7, 11) is -3.76. The van der Waals surface area contributed by atoms with E-state index in [1.165, 1.54) is 16.4 Å². The van der Waals surface area contributed by atoms with Crippen LogP contribution in [0.2, 0.25) is 0 Å². The summed E-state index contributed by atoms with van der Waals surface area (Å²) in [5.74, 6) is -0.607. The van der Waals surface area contributed by atoms with E-state index in [0.717, 1.165) is 11.6 Å². The van der Waals surface area contributed by atoms with Crippen LogP contribution in [0, 0.1) is 5.82 Å². The molecule has 116 valence electrons. The first-order valence-electron chi connectivity index (χ1n) is 6.76. The molecule has 1 aromatic carbocycles. The minimum absolute atomic E-state index is 0.0940. The number of aliphatic hydroxyl groups excluding tert-OH is 1. The highest BCUT2D eigenvalue weighted by atomic mass is 32.2. The number of benzene rings is 1. The smallest absolute Gasteiger partial charge is 0.245 e. The molecule has 0 aromatic heterocycles. The lowest BCUT2D eigenvalue weighted by Gasteiger charge is -2.28. The van der Waals surface area contributed by atoms with E-state index < -0.39 is 15.8 Å². The third kappa shape index (κ3) is 3.61. The molecule has 21 heavy (non-hydrogen) atoms. The van der Waals surface area contributed by atoms with Gasteiger partial charge in [0, 0.05) is 19.6 Å². The van der Waals surface area contributed by atoms with Gasteiger partial charge >= 0.3 is 0 Å². The summed E-state index contributed by atoms with van der Waals surface area (Å²) in [6.45, 7) is 4.63. The molecule has 0 bridgehead atoms. The Morgan fingerprint density at radius 2 is 2.00 bits per heavy atom. The van der Waals surface area contributed by atoms with Gasteiger partial charge in [0.15, 0.2) is 0 Å². The van der Waals surface area contributed by atoms with Gasteiger partial charge in [-0.3, -0.25) is 0 Å². The lowest BCUT2D eigenvalue weighted by molar-refractivity contribution is 0.311. The fourth-order valence-electron chi connectivity index (χ4n) is 2.23. The molecule has 2 N–H and O–H groups in total. The van der Waals surface area contributed by atoms with E-state index in [-0.39, 0.29) is 18.0 Å². The second kappa shape index (κ2) is 6.55. The number of sulfonamides is 1. The van der Waals surface area contributed by atoms with Crippen LogP contribution < -0.4 is 5.32 Å². The van der Waals surface area contributed by atoms with Crippen LogP contribution >= 0.6 is 0 Å². The number of rotatable bonds is 5. The monoisotopic (exact) mass is 314 g/mol. The van der Waals surface area contributed by atoms with Gasteiger partial charge in [0.05, 0.1) is 12.3 Å². The molecule has 0 atom stereocenters. The highest BCUT2D eigenvalue weighted by Gasteiger charge is 2.29. The van der Waals surface area contributed by atoms with Gasteiger partial charge in [-0.15, -0.1) is 0 Å². The van der Waals surface area contributed by atoms with Crippen LogP contribution in [0.15, 0.2) is 35.2 Å². The number of nitrogens with one attached hydrogen (secondary N) is 1. The standard InChI is InChI=1S/C14H19FN2O3S/c1-11-4-7-17(8-5-11)21(19,20)14-10-12(15)2-3-13(14)16-6-9-18/h2-3,10,16,18H,1,4-9H2. The lowest BCUT2D eigenvalue weighted by Crippen LogP contribution is -2.36. The third-order valence-corrected chi connectivity index (χ3v) is 5.36. The van der Waals surface area contributed by atoms with E-state index in [1.807, 2.05) is 0 Å². The Kier molecular flexibility index (Phi) is 4.97. The molecule has 1 fully saturated rings. The van der Waals surface area contributed by atoms with Gasteiger partial charge in [-0.1, -0.05) is 12.2 Å². The van der Waals surface area contributed by atoms with Crippen LogP contribution in [0.4, 0.5) is 10.1 Å². The zero-order valence-corrected chi connectivity index (χ0v) is 12.5. The van der Waals surface area contributed by atoms with E-state index in [2.05, 4.69) is 11.9 Å². The number of nitrogens with zero attached hydrogens (tertiary/aromatic N) is 1. The zero-order chi connectivity index (χ0) is 15.5. The van der Waals surface area contributed by atoms with Gasteiger partial charge in [-0.25, -0.2) is 12.8 Å². The predicted octanol–water partition coefficient (Wildman–Crippen LogP) is 1.57. The molecule has 0 radical (unpaired) electrons. The molecule has 0 unspecified atom stereocenters. The molecular formula is C14H19FN2O3S. The largest absolute Gasteiger partial charge is 0.395 e. The van der Waals surface area contributed by atoms with Crippen LogP contribution in [0.1, 0.15) is 12.8 Å². The van der Waals surface area contributed by atoms with Gasteiger partial charge in [0.1, 0.15) is 10.7 Å². The number of halogens is 1. The van der Waals surface area contributed by atoms with Crippen LogP contribution in [-0.4, -0.2) is 44.1 Å². The van der Waals surface area contributed by atoms with Crippen molar-refractivity contribution in [1.82, 2.24) is 4.31 Å². The topological polar surface area (TPSA) is 69.6 Å². The zero-order valence-electron chi connectivity index (χ0n) is 11.7. The second-order valence-corrected chi connectivity index (χ2v) is 6.85. The lowest BCUT2D eigenvalue weighted by atomic mass is 10.1. The Bertz CT molecular complexity index is 621. The van der Waals surface area contributed by atoms with Crippen molar-refractivity contribution in [3.63, 3.8) is 0 Å². The van der Waals surface area contributed by atoms with Gasteiger partial charge in [-0.05, 0) is 31.0 Å². The first-order valence-corrected chi connectivity index (χ1v) is 8.20. The molecule has 1 saturated heterocycles. The minimum Gasteiger partial charge on any atom is -0.395 e.